The molecule has 2 aromatic rings. The summed E-state index contributed by atoms with van der Waals surface area (Å²) in [5.74, 6) is 0.0599. The monoisotopic (exact) mass is 352 g/mol. The van der Waals surface area contributed by atoms with Crippen LogP contribution in [0.1, 0.15) is 35.4 Å². The molecule has 3 rings (SSSR count). The van der Waals surface area contributed by atoms with E-state index in [4.69, 9.17) is 5.73 Å². The summed E-state index contributed by atoms with van der Waals surface area (Å²) < 4.78 is 0. The number of hydrogen-bond acceptors (Lipinski definition) is 4. The molecule has 4 N–H and O–H groups in total. The van der Waals surface area contributed by atoms with Gasteiger partial charge >= 0.3 is 0 Å². The second-order valence-electron chi connectivity index (χ2n) is 6.63. The largest absolute Gasteiger partial charge is 0.504 e. The van der Waals surface area contributed by atoms with Crippen molar-refractivity contribution in [2.45, 2.75) is 25.3 Å². The minimum Gasteiger partial charge on any atom is -0.504 e. The summed E-state index contributed by atoms with van der Waals surface area (Å²) in [7, 11) is 0. The molecule has 0 radical (unpaired) electrons. The van der Waals surface area contributed by atoms with Crippen LogP contribution in [-0.4, -0.2) is 34.1 Å². The fourth-order valence-corrected chi connectivity index (χ4v) is 3.32. The van der Waals surface area contributed by atoms with E-state index in [-0.39, 0.29) is 17.4 Å². The lowest BCUT2D eigenvalue weighted by Crippen LogP contribution is -2.36. The number of phenols is 2. The number of amides is 1. The Balaban J connectivity index is 1.57. The maximum absolute atomic E-state index is 12.4. The number of likely N-dealkylation sites (tertiary alicyclic amines) is 1. The SMILES string of the molecule is NCc1cccc(C2CCN(C(=O)/C=C\c3ccc(O)c(O)c3)CC2)c1. The van der Waals surface area contributed by atoms with Crippen molar-refractivity contribution in [2.75, 3.05) is 13.1 Å². The topological polar surface area (TPSA) is 86.8 Å². The van der Waals surface area contributed by atoms with Crippen molar-refractivity contribution in [3.05, 3.63) is 65.2 Å². The molecule has 0 aliphatic carbocycles. The smallest absolute Gasteiger partial charge is 0.246 e. The molecule has 0 bridgehead atoms. The number of nitrogens with zero attached hydrogens (tertiary/aromatic N) is 1. The molecule has 1 amide bonds. The summed E-state index contributed by atoms with van der Waals surface area (Å²) in [4.78, 5) is 14.2. The van der Waals surface area contributed by atoms with E-state index in [1.165, 1.54) is 23.8 Å². The Hall–Kier alpha value is -2.79. The number of phenolic OH excluding ortho intramolecular Hbond substituents is 2. The first-order valence-electron chi connectivity index (χ1n) is 8.84. The van der Waals surface area contributed by atoms with Gasteiger partial charge in [0.2, 0.25) is 5.91 Å². The van der Waals surface area contributed by atoms with Gasteiger partial charge in [-0.25, -0.2) is 0 Å². The lowest BCUT2D eigenvalue weighted by molar-refractivity contribution is -0.126. The van der Waals surface area contributed by atoms with Crippen LogP contribution in [0.5, 0.6) is 11.5 Å². The Bertz CT molecular complexity index is 809. The predicted molar refractivity (Wildman–Crippen MR) is 102 cm³/mol. The molecule has 0 unspecified atom stereocenters. The van der Waals surface area contributed by atoms with Gasteiger partial charge in [0.05, 0.1) is 0 Å². The van der Waals surface area contributed by atoms with Crippen molar-refractivity contribution >= 4 is 12.0 Å². The number of nitrogens with two attached hydrogens (primary N) is 1. The highest BCUT2D eigenvalue weighted by atomic mass is 16.3. The molecule has 2 aromatic carbocycles. The first-order chi connectivity index (χ1) is 12.6. The fraction of sp³-hybridized carbons (Fsp3) is 0.286. The highest BCUT2D eigenvalue weighted by Gasteiger charge is 2.22. The van der Waals surface area contributed by atoms with Crippen LogP contribution in [0, 0.1) is 0 Å². The highest BCUT2D eigenvalue weighted by molar-refractivity contribution is 5.92. The fourth-order valence-electron chi connectivity index (χ4n) is 3.32. The first kappa shape index (κ1) is 18.0. The van der Waals surface area contributed by atoms with Crippen LogP contribution in [0.25, 0.3) is 6.08 Å². The molecule has 0 spiro atoms. The van der Waals surface area contributed by atoms with Crippen molar-refractivity contribution in [1.82, 2.24) is 4.90 Å². The minimum atomic E-state index is -0.194. The van der Waals surface area contributed by atoms with Gasteiger partial charge in [0, 0.05) is 25.7 Å². The second-order valence-corrected chi connectivity index (χ2v) is 6.63. The molecule has 5 heteroatoms. The van der Waals surface area contributed by atoms with Crippen LogP contribution in [0.3, 0.4) is 0 Å². The lowest BCUT2D eigenvalue weighted by Gasteiger charge is -2.31. The second kappa shape index (κ2) is 8.06. The normalized spacial score (nSPS) is 15.5. The summed E-state index contributed by atoms with van der Waals surface area (Å²) in [6, 6.07) is 12.9. The molecule has 1 fully saturated rings. The van der Waals surface area contributed by atoms with Crippen LogP contribution in [0.2, 0.25) is 0 Å². The van der Waals surface area contributed by atoms with Gasteiger partial charge in [0.25, 0.3) is 0 Å². The lowest BCUT2D eigenvalue weighted by atomic mass is 9.88. The molecular weight excluding hydrogens is 328 g/mol. The summed E-state index contributed by atoms with van der Waals surface area (Å²) in [5, 5.41) is 18.8. The van der Waals surface area contributed by atoms with Crippen LogP contribution in [0.15, 0.2) is 48.5 Å². The van der Waals surface area contributed by atoms with Crippen molar-refractivity contribution in [3.8, 4) is 11.5 Å². The average molecular weight is 352 g/mol. The van der Waals surface area contributed by atoms with E-state index in [0.717, 1.165) is 31.5 Å². The molecule has 1 heterocycles. The Morgan fingerprint density at radius 1 is 1.12 bits per heavy atom. The standard InChI is InChI=1S/C21H24N2O3/c22-14-16-2-1-3-18(12-16)17-8-10-23(11-9-17)21(26)7-5-15-4-6-19(24)20(25)13-15/h1-7,12-13,17,24-25H,8-11,14,22H2/b7-5-. The maximum Gasteiger partial charge on any atom is 0.246 e. The van der Waals surface area contributed by atoms with Crippen molar-refractivity contribution in [2.24, 2.45) is 5.73 Å². The first-order valence-corrected chi connectivity index (χ1v) is 8.84. The van der Waals surface area contributed by atoms with Crippen LogP contribution >= 0.6 is 0 Å². The molecule has 1 aliphatic heterocycles. The van der Waals surface area contributed by atoms with E-state index in [1.54, 1.807) is 12.1 Å². The van der Waals surface area contributed by atoms with E-state index >= 15 is 0 Å². The molecule has 1 aliphatic rings. The third-order valence-corrected chi connectivity index (χ3v) is 4.88. The summed E-state index contributed by atoms with van der Waals surface area (Å²) in [6.45, 7) is 1.99. The third kappa shape index (κ3) is 4.24. The molecule has 0 saturated carbocycles. The Morgan fingerprint density at radius 3 is 2.58 bits per heavy atom. The molecular formula is C21H24N2O3. The van der Waals surface area contributed by atoms with E-state index in [9.17, 15) is 15.0 Å². The zero-order valence-corrected chi connectivity index (χ0v) is 14.6. The number of hydrogen-bond donors (Lipinski definition) is 3. The van der Waals surface area contributed by atoms with E-state index < -0.39 is 0 Å². The van der Waals surface area contributed by atoms with Crippen LogP contribution < -0.4 is 5.73 Å². The van der Waals surface area contributed by atoms with Crippen molar-refractivity contribution in [3.63, 3.8) is 0 Å². The minimum absolute atomic E-state index is 0.0354. The molecule has 0 atom stereocenters. The molecule has 0 aromatic heterocycles. The predicted octanol–water partition coefficient (Wildman–Crippen LogP) is 2.98. The zero-order chi connectivity index (χ0) is 18.5. The Morgan fingerprint density at radius 2 is 1.88 bits per heavy atom. The van der Waals surface area contributed by atoms with Crippen LogP contribution in [0.4, 0.5) is 0 Å². The molecule has 5 nitrogen and oxygen atoms in total. The van der Waals surface area contributed by atoms with Gasteiger partial charge in [-0.05, 0) is 53.7 Å². The average Bonchev–Trinajstić information content (AvgIpc) is 2.69. The third-order valence-electron chi connectivity index (χ3n) is 4.88. The molecule has 136 valence electrons. The molecule has 1 saturated heterocycles. The summed E-state index contributed by atoms with van der Waals surface area (Å²) >= 11 is 0. The Kier molecular flexibility index (Phi) is 5.58. The van der Waals surface area contributed by atoms with Gasteiger partial charge < -0.3 is 20.8 Å². The highest BCUT2D eigenvalue weighted by Crippen LogP contribution is 2.29. The van der Waals surface area contributed by atoms with Gasteiger partial charge in [-0.3, -0.25) is 4.79 Å². The van der Waals surface area contributed by atoms with E-state index in [0.29, 0.717) is 18.0 Å². The van der Waals surface area contributed by atoms with Gasteiger partial charge in [-0.2, -0.15) is 0 Å². The number of rotatable bonds is 4. The van der Waals surface area contributed by atoms with Gasteiger partial charge in [0.1, 0.15) is 0 Å². The summed E-state index contributed by atoms with van der Waals surface area (Å²) in [5.41, 5.74) is 8.83. The quantitative estimate of drug-likeness (QED) is 0.583. The van der Waals surface area contributed by atoms with Gasteiger partial charge in [-0.15, -0.1) is 0 Å². The number of piperidine rings is 1. The van der Waals surface area contributed by atoms with E-state index in [1.807, 2.05) is 17.0 Å². The molecule has 26 heavy (non-hydrogen) atoms. The van der Waals surface area contributed by atoms with Crippen molar-refractivity contribution < 1.29 is 15.0 Å². The number of benzene rings is 2. The van der Waals surface area contributed by atoms with Crippen molar-refractivity contribution in [1.29, 1.82) is 0 Å². The number of carbonyl (C=O) groups excluding carboxylic acids is 1. The summed E-state index contributed by atoms with van der Waals surface area (Å²) in [6.07, 6.45) is 5.04. The van der Waals surface area contributed by atoms with Gasteiger partial charge in [-0.1, -0.05) is 30.3 Å². The number of carbonyl (C=O) groups is 1. The number of aromatic hydroxyl groups is 2. The van der Waals surface area contributed by atoms with Crippen LogP contribution in [-0.2, 0) is 11.3 Å². The maximum atomic E-state index is 12.4. The zero-order valence-electron chi connectivity index (χ0n) is 14.6. The van der Waals surface area contributed by atoms with Gasteiger partial charge in [0.15, 0.2) is 11.5 Å². The van der Waals surface area contributed by atoms with E-state index in [2.05, 4.69) is 12.1 Å². The Labute approximate surface area is 153 Å².